The molecule has 15 heavy (non-hydrogen) atoms. The van der Waals surface area contributed by atoms with Crippen molar-refractivity contribution < 1.29 is 8.42 Å². The summed E-state index contributed by atoms with van der Waals surface area (Å²) in [5, 5.41) is 1.32. The summed E-state index contributed by atoms with van der Waals surface area (Å²) in [4.78, 5) is 0. The topological polar surface area (TPSA) is 46.2 Å². The fourth-order valence-electron chi connectivity index (χ4n) is 1.68. The highest BCUT2D eigenvalue weighted by atomic mass is 32.2. The van der Waals surface area contributed by atoms with Crippen molar-refractivity contribution in [1.82, 2.24) is 0 Å². The first-order valence-corrected chi connectivity index (χ1v) is 6.38. The molecule has 80 valence electrons. The van der Waals surface area contributed by atoms with E-state index in [0.29, 0.717) is 5.69 Å². The zero-order valence-corrected chi connectivity index (χ0v) is 9.51. The number of benzene rings is 1. The number of para-hydroxylation sites is 1. The number of anilines is 1. The fourth-order valence-corrected chi connectivity index (χ4v) is 2.96. The minimum Gasteiger partial charge on any atom is -0.279 e. The van der Waals surface area contributed by atoms with E-state index in [9.17, 15) is 8.42 Å². The summed E-state index contributed by atoms with van der Waals surface area (Å²) in [6, 6.07) is 7.45. The summed E-state index contributed by atoms with van der Waals surface area (Å²) >= 11 is 0. The summed E-state index contributed by atoms with van der Waals surface area (Å²) in [6.07, 6.45) is 0. The minimum absolute atomic E-state index is 0.197. The van der Waals surface area contributed by atoms with Gasteiger partial charge in [0.2, 0.25) is 0 Å². The molecule has 0 unspecified atom stereocenters. The molecule has 0 amide bonds. The third kappa shape index (κ3) is 1.90. The Labute approximate surface area is 89.9 Å². The third-order valence-electron chi connectivity index (χ3n) is 2.39. The largest absolute Gasteiger partial charge is 0.279 e. The zero-order valence-electron chi connectivity index (χ0n) is 8.69. The third-order valence-corrected chi connectivity index (χ3v) is 3.46. The van der Waals surface area contributed by atoms with Gasteiger partial charge < -0.3 is 0 Å². The first kappa shape index (κ1) is 10.2. The first-order valence-electron chi connectivity index (χ1n) is 4.83. The van der Waals surface area contributed by atoms with Crippen LogP contribution in [0.5, 0.6) is 0 Å². The van der Waals surface area contributed by atoms with Crippen LogP contribution in [0, 0.1) is 5.92 Å². The Bertz CT molecular complexity index is 515. The van der Waals surface area contributed by atoms with E-state index < -0.39 is 10.0 Å². The summed E-state index contributed by atoms with van der Waals surface area (Å²) < 4.78 is 25.6. The second kappa shape index (κ2) is 3.38. The molecule has 1 aliphatic rings. The maximum atomic E-state index is 11.5. The standard InChI is InChI=1S/C11H13NO2S/c1-8(2)10-7-15(13,14)12-11-6-4-3-5-9(10)11/h3-8,12H,1-2H3. The molecule has 0 atom stereocenters. The maximum absolute atomic E-state index is 11.5. The lowest BCUT2D eigenvalue weighted by Gasteiger charge is -2.21. The van der Waals surface area contributed by atoms with Gasteiger partial charge in [0.15, 0.2) is 0 Å². The molecule has 4 heteroatoms. The molecular weight excluding hydrogens is 210 g/mol. The molecule has 1 aromatic rings. The monoisotopic (exact) mass is 223 g/mol. The second-order valence-electron chi connectivity index (χ2n) is 3.92. The van der Waals surface area contributed by atoms with Crippen molar-refractivity contribution in [1.29, 1.82) is 0 Å². The van der Waals surface area contributed by atoms with Gasteiger partial charge in [-0.3, -0.25) is 4.72 Å². The Morgan fingerprint density at radius 3 is 2.53 bits per heavy atom. The predicted octanol–water partition coefficient (Wildman–Crippen LogP) is 2.44. The van der Waals surface area contributed by atoms with Gasteiger partial charge in [-0.1, -0.05) is 32.0 Å². The Kier molecular flexibility index (Phi) is 2.31. The van der Waals surface area contributed by atoms with E-state index in [0.717, 1.165) is 11.1 Å². The van der Waals surface area contributed by atoms with Crippen LogP contribution in [0.4, 0.5) is 5.69 Å². The van der Waals surface area contributed by atoms with Crippen LogP contribution in [0.15, 0.2) is 29.7 Å². The van der Waals surface area contributed by atoms with E-state index in [1.165, 1.54) is 5.41 Å². The van der Waals surface area contributed by atoms with E-state index in [2.05, 4.69) is 4.72 Å². The van der Waals surface area contributed by atoms with E-state index >= 15 is 0 Å². The van der Waals surface area contributed by atoms with Crippen LogP contribution in [0.3, 0.4) is 0 Å². The van der Waals surface area contributed by atoms with Gasteiger partial charge >= 0.3 is 0 Å². The molecule has 1 aliphatic heterocycles. The van der Waals surface area contributed by atoms with Crippen molar-refractivity contribution in [2.24, 2.45) is 5.92 Å². The van der Waals surface area contributed by atoms with E-state index in [-0.39, 0.29) is 5.92 Å². The quantitative estimate of drug-likeness (QED) is 0.794. The van der Waals surface area contributed by atoms with Gasteiger partial charge in [-0.25, -0.2) is 8.42 Å². The molecule has 0 aliphatic carbocycles. The lowest BCUT2D eigenvalue weighted by atomic mass is 9.96. The fraction of sp³-hybridized carbons (Fsp3) is 0.273. The number of allylic oxidation sites excluding steroid dienone is 1. The van der Waals surface area contributed by atoms with Crippen molar-refractivity contribution in [3.63, 3.8) is 0 Å². The van der Waals surface area contributed by atoms with E-state index in [1.807, 2.05) is 32.0 Å². The van der Waals surface area contributed by atoms with Crippen LogP contribution < -0.4 is 4.72 Å². The molecule has 0 fully saturated rings. The second-order valence-corrected chi connectivity index (χ2v) is 5.45. The van der Waals surface area contributed by atoms with E-state index in [4.69, 9.17) is 0 Å². The van der Waals surface area contributed by atoms with Crippen molar-refractivity contribution in [2.45, 2.75) is 13.8 Å². The molecule has 2 rings (SSSR count). The average Bonchev–Trinajstić information content (AvgIpc) is 2.14. The summed E-state index contributed by atoms with van der Waals surface area (Å²) in [5.41, 5.74) is 2.51. The molecule has 1 aromatic carbocycles. The average molecular weight is 223 g/mol. The van der Waals surface area contributed by atoms with Gasteiger partial charge in [0.1, 0.15) is 0 Å². The van der Waals surface area contributed by atoms with Crippen LogP contribution in [-0.2, 0) is 10.0 Å². The van der Waals surface area contributed by atoms with Crippen LogP contribution in [0.1, 0.15) is 19.4 Å². The predicted molar refractivity (Wildman–Crippen MR) is 61.8 cm³/mol. The summed E-state index contributed by atoms with van der Waals surface area (Å²) in [6.45, 7) is 3.98. The lowest BCUT2D eigenvalue weighted by molar-refractivity contribution is 0.609. The van der Waals surface area contributed by atoms with Gasteiger partial charge in [-0.2, -0.15) is 0 Å². The molecule has 0 spiro atoms. The minimum atomic E-state index is -3.30. The van der Waals surface area contributed by atoms with Crippen LogP contribution in [-0.4, -0.2) is 8.42 Å². The number of rotatable bonds is 1. The molecule has 3 nitrogen and oxygen atoms in total. The van der Waals surface area contributed by atoms with Crippen molar-refractivity contribution in [3.05, 3.63) is 35.2 Å². The SMILES string of the molecule is CC(C)C1=CS(=O)(=O)Nc2ccccc21. The number of nitrogens with one attached hydrogen (secondary N) is 1. The Balaban J connectivity index is 2.66. The van der Waals surface area contributed by atoms with Crippen molar-refractivity contribution in [3.8, 4) is 0 Å². The van der Waals surface area contributed by atoms with Crippen LogP contribution >= 0.6 is 0 Å². The highest BCUT2D eigenvalue weighted by Crippen LogP contribution is 2.34. The molecular formula is C11H13NO2S. The van der Waals surface area contributed by atoms with Gasteiger partial charge in [0.05, 0.1) is 11.1 Å². The van der Waals surface area contributed by atoms with Crippen molar-refractivity contribution >= 4 is 21.3 Å². The molecule has 0 aromatic heterocycles. The summed E-state index contributed by atoms with van der Waals surface area (Å²) in [7, 11) is -3.30. The normalized spacial score (nSPS) is 17.9. The number of sulfonamides is 1. The molecule has 1 heterocycles. The van der Waals surface area contributed by atoms with Gasteiger partial charge in [-0.05, 0) is 17.6 Å². The zero-order chi connectivity index (χ0) is 11.1. The first-order chi connectivity index (χ1) is 6.99. The molecule has 0 saturated carbocycles. The van der Waals surface area contributed by atoms with Crippen LogP contribution in [0.2, 0.25) is 0 Å². The van der Waals surface area contributed by atoms with Gasteiger partial charge in [-0.15, -0.1) is 0 Å². The lowest BCUT2D eigenvalue weighted by Crippen LogP contribution is -2.17. The molecule has 0 radical (unpaired) electrons. The highest BCUT2D eigenvalue weighted by molar-refractivity contribution is 7.95. The van der Waals surface area contributed by atoms with Gasteiger partial charge in [0, 0.05) is 5.56 Å². The number of fused-ring (bicyclic) bond motifs is 1. The van der Waals surface area contributed by atoms with Crippen LogP contribution in [0.25, 0.3) is 5.57 Å². The number of hydrogen-bond acceptors (Lipinski definition) is 2. The van der Waals surface area contributed by atoms with Gasteiger partial charge in [0.25, 0.3) is 10.0 Å². The Hall–Kier alpha value is -1.29. The molecule has 0 bridgehead atoms. The number of hydrogen-bond donors (Lipinski definition) is 1. The molecule has 0 saturated heterocycles. The van der Waals surface area contributed by atoms with E-state index in [1.54, 1.807) is 6.07 Å². The highest BCUT2D eigenvalue weighted by Gasteiger charge is 2.21. The Morgan fingerprint density at radius 2 is 1.87 bits per heavy atom. The van der Waals surface area contributed by atoms with Crippen molar-refractivity contribution in [2.75, 3.05) is 4.72 Å². The maximum Gasteiger partial charge on any atom is 0.255 e. The smallest absolute Gasteiger partial charge is 0.255 e. The summed E-state index contributed by atoms with van der Waals surface area (Å²) in [5.74, 6) is 0.197. The Morgan fingerprint density at radius 1 is 1.20 bits per heavy atom. The molecule has 1 N–H and O–H groups in total.